The van der Waals surface area contributed by atoms with Crippen molar-refractivity contribution in [2.75, 3.05) is 27.9 Å². The summed E-state index contributed by atoms with van der Waals surface area (Å²) in [6.45, 7) is 3.13. The molecule has 0 aliphatic carbocycles. The van der Waals surface area contributed by atoms with Crippen LogP contribution in [-0.2, 0) is 12.8 Å². The predicted octanol–water partition coefficient (Wildman–Crippen LogP) is 4.08. The van der Waals surface area contributed by atoms with Gasteiger partial charge in [-0.25, -0.2) is 0 Å². The largest absolute Gasteiger partial charge is 0.497 e. The first-order valence-corrected chi connectivity index (χ1v) is 9.42. The molecule has 0 spiro atoms. The molecule has 2 rings (SSSR count). The van der Waals surface area contributed by atoms with Gasteiger partial charge in [-0.3, -0.25) is 0 Å². The average Bonchev–Trinajstić information content (AvgIpc) is 2.63. The number of hydrogen-bond acceptors (Lipinski definition) is 4. The second-order valence-corrected chi connectivity index (χ2v) is 7.12. The Morgan fingerprint density at radius 1 is 0.960 bits per heavy atom. The van der Waals surface area contributed by atoms with Gasteiger partial charge in [0.25, 0.3) is 0 Å². The molecule has 136 valence electrons. The minimum absolute atomic E-state index is 0.390. The summed E-state index contributed by atoms with van der Waals surface area (Å²) in [6.07, 6.45) is 1.92. The molecule has 0 saturated heterocycles. The molecule has 0 aromatic heterocycles. The first-order valence-electron chi connectivity index (χ1n) is 8.34. The Kier molecular flexibility index (Phi) is 7.84. The monoisotopic (exact) mass is 455 g/mol. The van der Waals surface area contributed by atoms with Gasteiger partial charge in [-0.1, -0.05) is 6.07 Å². The van der Waals surface area contributed by atoms with E-state index in [1.54, 1.807) is 21.3 Å². The lowest BCUT2D eigenvalue weighted by Crippen LogP contribution is -2.30. The standard InChI is InChI=1S/C20H26INO3/c1-14(11-16-13-17(23-2)6-7-18(16)21)22-10-9-15-5-8-19(24-3)20(12-15)25-4/h5-8,12-14,22H,9-11H2,1-4H3/t14-/m1/s1. The summed E-state index contributed by atoms with van der Waals surface area (Å²) in [6, 6.07) is 12.7. The number of ether oxygens (including phenoxy) is 3. The Morgan fingerprint density at radius 2 is 1.72 bits per heavy atom. The molecule has 0 aliphatic rings. The summed E-state index contributed by atoms with van der Waals surface area (Å²) in [5.74, 6) is 2.45. The number of methoxy groups -OCH3 is 3. The highest BCUT2D eigenvalue weighted by molar-refractivity contribution is 14.1. The summed E-state index contributed by atoms with van der Waals surface area (Å²) in [5.41, 5.74) is 2.54. The lowest BCUT2D eigenvalue weighted by molar-refractivity contribution is 0.354. The van der Waals surface area contributed by atoms with Gasteiger partial charge in [0.2, 0.25) is 0 Å². The van der Waals surface area contributed by atoms with Gasteiger partial charge < -0.3 is 19.5 Å². The minimum Gasteiger partial charge on any atom is -0.497 e. The van der Waals surface area contributed by atoms with E-state index in [-0.39, 0.29) is 0 Å². The maximum Gasteiger partial charge on any atom is 0.160 e. The van der Waals surface area contributed by atoms with E-state index >= 15 is 0 Å². The van der Waals surface area contributed by atoms with Gasteiger partial charge in [0.1, 0.15) is 5.75 Å². The summed E-state index contributed by atoms with van der Waals surface area (Å²) in [4.78, 5) is 0. The summed E-state index contributed by atoms with van der Waals surface area (Å²) in [7, 11) is 5.02. The average molecular weight is 455 g/mol. The molecule has 0 fully saturated rings. The minimum atomic E-state index is 0.390. The van der Waals surface area contributed by atoms with E-state index < -0.39 is 0 Å². The van der Waals surface area contributed by atoms with Crippen molar-refractivity contribution in [3.05, 3.63) is 51.1 Å². The van der Waals surface area contributed by atoms with Gasteiger partial charge in [-0.2, -0.15) is 0 Å². The van der Waals surface area contributed by atoms with Crippen molar-refractivity contribution in [1.82, 2.24) is 5.32 Å². The van der Waals surface area contributed by atoms with Gasteiger partial charge in [-0.05, 0) is 90.4 Å². The van der Waals surface area contributed by atoms with Crippen molar-refractivity contribution in [2.24, 2.45) is 0 Å². The molecular weight excluding hydrogens is 429 g/mol. The molecule has 0 saturated carbocycles. The fourth-order valence-electron chi connectivity index (χ4n) is 2.74. The number of benzene rings is 2. The lowest BCUT2D eigenvalue weighted by atomic mass is 10.1. The third-order valence-corrected chi connectivity index (χ3v) is 5.19. The van der Waals surface area contributed by atoms with Crippen molar-refractivity contribution in [1.29, 1.82) is 0 Å². The quantitative estimate of drug-likeness (QED) is 0.579. The highest BCUT2D eigenvalue weighted by atomic mass is 127. The second-order valence-electron chi connectivity index (χ2n) is 5.96. The van der Waals surface area contributed by atoms with E-state index in [2.05, 4.69) is 53.0 Å². The molecule has 1 N–H and O–H groups in total. The molecule has 4 nitrogen and oxygen atoms in total. The molecule has 0 unspecified atom stereocenters. The molecule has 1 atom stereocenters. The number of halogens is 1. The normalized spacial score (nSPS) is 11.9. The third kappa shape index (κ3) is 5.78. The molecule has 0 radical (unpaired) electrons. The van der Waals surface area contributed by atoms with Gasteiger partial charge >= 0.3 is 0 Å². The maximum absolute atomic E-state index is 5.36. The highest BCUT2D eigenvalue weighted by Crippen LogP contribution is 2.27. The van der Waals surface area contributed by atoms with Crippen molar-refractivity contribution in [3.8, 4) is 17.2 Å². The van der Waals surface area contributed by atoms with E-state index in [9.17, 15) is 0 Å². The smallest absolute Gasteiger partial charge is 0.160 e. The molecule has 25 heavy (non-hydrogen) atoms. The first-order chi connectivity index (χ1) is 12.1. The Labute approximate surface area is 164 Å². The van der Waals surface area contributed by atoms with Crippen LogP contribution in [0.25, 0.3) is 0 Å². The predicted molar refractivity (Wildman–Crippen MR) is 110 cm³/mol. The number of rotatable bonds is 9. The lowest BCUT2D eigenvalue weighted by Gasteiger charge is -2.16. The fourth-order valence-corrected chi connectivity index (χ4v) is 3.29. The third-order valence-electron chi connectivity index (χ3n) is 4.13. The zero-order valence-electron chi connectivity index (χ0n) is 15.3. The molecule has 2 aromatic carbocycles. The Balaban J connectivity index is 1.87. The molecule has 0 heterocycles. The van der Waals surface area contributed by atoms with Crippen LogP contribution in [0.3, 0.4) is 0 Å². The van der Waals surface area contributed by atoms with E-state index in [1.165, 1.54) is 14.7 Å². The van der Waals surface area contributed by atoms with Crippen LogP contribution in [-0.4, -0.2) is 33.9 Å². The van der Waals surface area contributed by atoms with Gasteiger partial charge in [-0.15, -0.1) is 0 Å². The van der Waals surface area contributed by atoms with Crippen molar-refractivity contribution < 1.29 is 14.2 Å². The molecule has 0 amide bonds. The van der Waals surface area contributed by atoms with Crippen LogP contribution in [0, 0.1) is 3.57 Å². The molecule has 5 heteroatoms. The summed E-state index contributed by atoms with van der Waals surface area (Å²) < 4.78 is 17.2. The maximum atomic E-state index is 5.36. The molecule has 2 aromatic rings. The molecule has 0 aliphatic heterocycles. The van der Waals surface area contributed by atoms with Crippen LogP contribution >= 0.6 is 22.6 Å². The number of hydrogen-bond donors (Lipinski definition) is 1. The van der Waals surface area contributed by atoms with Gasteiger partial charge in [0, 0.05) is 9.61 Å². The van der Waals surface area contributed by atoms with Crippen LogP contribution in [0.5, 0.6) is 17.2 Å². The van der Waals surface area contributed by atoms with Crippen molar-refractivity contribution in [3.63, 3.8) is 0 Å². The Hall–Kier alpha value is -1.47. The van der Waals surface area contributed by atoms with E-state index in [1.807, 2.05) is 18.2 Å². The van der Waals surface area contributed by atoms with Crippen LogP contribution in [0.1, 0.15) is 18.1 Å². The van der Waals surface area contributed by atoms with Crippen LogP contribution in [0.4, 0.5) is 0 Å². The van der Waals surface area contributed by atoms with Gasteiger partial charge in [0.15, 0.2) is 11.5 Å². The van der Waals surface area contributed by atoms with Crippen molar-refractivity contribution >= 4 is 22.6 Å². The van der Waals surface area contributed by atoms with Crippen LogP contribution in [0.2, 0.25) is 0 Å². The summed E-state index contributed by atoms with van der Waals surface area (Å²) >= 11 is 2.38. The van der Waals surface area contributed by atoms with E-state index in [0.29, 0.717) is 6.04 Å². The first kappa shape index (κ1) is 19.8. The number of nitrogens with one attached hydrogen (secondary N) is 1. The zero-order valence-corrected chi connectivity index (χ0v) is 17.4. The van der Waals surface area contributed by atoms with E-state index in [4.69, 9.17) is 14.2 Å². The zero-order chi connectivity index (χ0) is 18.2. The van der Waals surface area contributed by atoms with Crippen molar-refractivity contribution in [2.45, 2.75) is 25.8 Å². The van der Waals surface area contributed by atoms with E-state index in [0.717, 1.165) is 36.6 Å². The Bertz CT molecular complexity index is 691. The summed E-state index contributed by atoms with van der Waals surface area (Å²) in [5, 5.41) is 3.59. The van der Waals surface area contributed by atoms with Crippen LogP contribution in [0.15, 0.2) is 36.4 Å². The van der Waals surface area contributed by atoms with Gasteiger partial charge in [0.05, 0.1) is 21.3 Å². The SMILES string of the molecule is COc1ccc(I)c(C[C@@H](C)NCCc2ccc(OC)c(OC)c2)c1. The Morgan fingerprint density at radius 3 is 2.40 bits per heavy atom. The topological polar surface area (TPSA) is 39.7 Å². The highest BCUT2D eigenvalue weighted by Gasteiger charge is 2.09. The molecular formula is C20H26INO3. The van der Waals surface area contributed by atoms with Crippen LogP contribution < -0.4 is 19.5 Å². The molecule has 0 bridgehead atoms. The second kappa shape index (κ2) is 9.87. The fraction of sp³-hybridized carbons (Fsp3) is 0.400.